The predicted molar refractivity (Wildman–Crippen MR) is 69.8 cm³/mol. The molecule has 90 valence electrons. The van der Waals surface area contributed by atoms with Gasteiger partial charge in [-0.1, -0.05) is 26.0 Å². The minimum Gasteiger partial charge on any atom is -0.389 e. The van der Waals surface area contributed by atoms with Gasteiger partial charge in [0.1, 0.15) is 0 Å². The lowest BCUT2D eigenvalue weighted by Gasteiger charge is -2.20. The summed E-state index contributed by atoms with van der Waals surface area (Å²) in [5.41, 5.74) is 2.19. The Kier molecular flexibility index (Phi) is 4.81. The molecular weight excluding hydrogens is 198 g/mol. The molecule has 2 heteroatoms. The van der Waals surface area contributed by atoms with Crippen LogP contribution in [0, 0.1) is 5.92 Å². The SMILES string of the molecule is CC(C)CCN(C)c1ccc(C(C)O)cc1. The van der Waals surface area contributed by atoms with E-state index in [4.69, 9.17) is 0 Å². The van der Waals surface area contributed by atoms with Crippen LogP contribution in [0.3, 0.4) is 0 Å². The highest BCUT2D eigenvalue weighted by molar-refractivity contribution is 5.47. The predicted octanol–water partition coefficient (Wildman–Crippen LogP) is 3.22. The Morgan fingerprint density at radius 1 is 1.12 bits per heavy atom. The summed E-state index contributed by atoms with van der Waals surface area (Å²) in [5.74, 6) is 0.735. The summed E-state index contributed by atoms with van der Waals surface area (Å²) in [5, 5.41) is 9.42. The number of aliphatic hydroxyl groups is 1. The molecule has 1 unspecified atom stereocenters. The summed E-state index contributed by atoms with van der Waals surface area (Å²) in [7, 11) is 2.11. The molecule has 0 aliphatic carbocycles. The number of hydrogen-bond donors (Lipinski definition) is 1. The standard InChI is InChI=1S/C14H23NO/c1-11(2)9-10-15(4)14-7-5-13(6-8-14)12(3)16/h5-8,11-12,16H,9-10H2,1-4H3. The summed E-state index contributed by atoms with van der Waals surface area (Å²) in [6.45, 7) is 7.35. The molecule has 0 fully saturated rings. The summed E-state index contributed by atoms with van der Waals surface area (Å²) in [6.07, 6.45) is 0.823. The van der Waals surface area contributed by atoms with Gasteiger partial charge in [0.25, 0.3) is 0 Å². The fraction of sp³-hybridized carbons (Fsp3) is 0.571. The van der Waals surface area contributed by atoms with Gasteiger partial charge in [-0.05, 0) is 37.0 Å². The third-order valence-electron chi connectivity index (χ3n) is 2.86. The molecule has 1 N–H and O–H groups in total. The first-order valence-corrected chi connectivity index (χ1v) is 6.00. The van der Waals surface area contributed by atoms with Gasteiger partial charge < -0.3 is 10.0 Å². The lowest BCUT2D eigenvalue weighted by atomic mass is 10.1. The number of rotatable bonds is 5. The van der Waals surface area contributed by atoms with Crippen molar-refractivity contribution in [3.8, 4) is 0 Å². The monoisotopic (exact) mass is 221 g/mol. The van der Waals surface area contributed by atoms with E-state index >= 15 is 0 Å². The van der Waals surface area contributed by atoms with Gasteiger partial charge in [-0.15, -0.1) is 0 Å². The number of hydrogen-bond acceptors (Lipinski definition) is 2. The van der Waals surface area contributed by atoms with Crippen LogP contribution in [0.1, 0.15) is 38.9 Å². The van der Waals surface area contributed by atoms with Crippen molar-refractivity contribution in [1.29, 1.82) is 0 Å². The van der Waals surface area contributed by atoms with Crippen LogP contribution in [0.15, 0.2) is 24.3 Å². The molecule has 0 spiro atoms. The van der Waals surface area contributed by atoms with Gasteiger partial charge in [0.15, 0.2) is 0 Å². The molecule has 0 heterocycles. The van der Waals surface area contributed by atoms with Crippen LogP contribution in [-0.2, 0) is 0 Å². The molecule has 0 aromatic heterocycles. The van der Waals surface area contributed by atoms with E-state index in [1.165, 1.54) is 12.1 Å². The van der Waals surface area contributed by atoms with Crippen LogP contribution in [-0.4, -0.2) is 18.7 Å². The molecular formula is C14H23NO. The third kappa shape index (κ3) is 3.86. The lowest BCUT2D eigenvalue weighted by Crippen LogP contribution is -2.19. The second-order valence-electron chi connectivity index (χ2n) is 4.87. The number of nitrogens with zero attached hydrogens (tertiary/aromatic N) is 1. The van der Waals surface area contributed by atoms with Crippen LogP contribution in [0.5, 0.6) is 0 Å². The highest BCUT2D eigenvalue weighted by Gasteiger charge is 2.04. The zero-order chi connectivity index (χ0) is 12.1. The average molecular weight is 221 g/mol. The lowest BCUT2D eigenvalue weighted by molar-refractivity contribution is 0.199. The molecule has 0 saturated heterocycles. The van der Waals surface area contributed by atoms with E-state index in [9.17, 15) is 5.11 Å². The first-order chi connectivity index (χ1) is 7.50. The highest BCUT2D eigenvalue weighted by Crippen LogP contribution is 2.18. The van der Waals surface area contributed by atoms with Crippen molar-refractivity contribution in [1.82, 2.24) is 0 Å². The summed E-state index contributed by atoms with van der Waals surface area (Å²) >= 11 is 0. The normalized spacial score (nSPS) is 12.9. The highest BCUT2D eigenvalue weighted by atomic mass is 16.3. The molecule has 2 nitrogen and oxygen atoms in total. The minimum absolute atomic E-state index is 0.380. The van der Waals surface area contributed by atoms with Gasteiger partial charge in [-0.2, -0.15) is 0 Å². The molecule has 1 aromatic rings. The third-order valence-corrected chi connectivity index (χ3v) is 2.86. The van der Waals surface area contributed by atoms with Crippen LogP contribution in [0.25, 0.3) is 0 Å². The van der Waals surface area contributed by atoms with Gasteiger partial charge in [0.2, 0.25) is 0 Å². The Morgan fingerprint density at radius 2 is 1.69 bits per heavy atom. The van der Waals surface area contributed by atoms with E-state index in [-0.39, 0.29) is 6.10 Å². The number of anilines is 1. The fourth-order valence-corrected chi connectivity index (χ4v) is 1.59. The zero-order valence-corrected chi connectivity index (χ0v) is 10.8. The Morgan fingerprint density at radius 3 is 2.12 bits per heavy atom. The van der Waals surface area contributed by atoms with E-state index in [2.05, 4.69) is 37.9 Å². The van der Waals surface area contributed by atoms with Gasteiger partial charge in [-0.3, -0.25) is 0 Å². The topological polar surface area (TPSA) is 23.5 Å². The van der Waals surface area contributed by atoms with Crippen LogP contribution in [0.4, 0.5) is 5.69 Å². The summed E-state index contributed by atoms with van der Waals surface area (Å²) in [6, 6.07) is 8.13. The molecule has 0 bridgehead atoms. The quantitative estimate of drug-likeness (QED) is 0.825. The number of benzene rings is 1. The second-order valence-corrected chi connectivity index (χ2v) is 4.87. The van der Waals surface area contributed by atoms with Gasteiger partial charge >= 0.3 is 0 Å². The molecule has 0 aliphatic rings. The van der Waals surface area contributed by atoms with Gasteiger partial charge in [0, 0.05) is 19.3 Å². The Hall–Kier alpha value is -1.02. The van der Waals surface area contributed by atoms with E-state index in [0.29, 0.717) is 0 Å². The van der Waals surface area contributed by atoms with Gasteiger partial charge in [0.05, 0.1) is 6.10 Å². The first kappa shape index (κ1) is 13.0. The van der Waals surface area contributed by atoms with Crippen molar-refractivity contribution < 1.29 is 5.11 Å². The maximum absolute atomic E-state index is 9.42. The molecule has 1 atom stereocenters. The van der Waals surface area contributed by atoms with Crippen molar-refractivity contribution in [3.05, 3.63) is 29.8 Å². The van der Waals surface area contributed by atoms with Gasteiger partial charge in [-0.25, -0.2) is 0 Å². The molecule has 1 aromatic carbocycles. The maximum Gasteiger partial charge on any atom is 0.0761 e. The van der Waals surface area contributed by atoms with E-state index < -0.39 is 0 Å². The molecule has 0 amide bonds. The van der Waals surface area contributed by atoms with Crippen molar-refractivity contribution >= 4 is 5.69 Å². The van der Waals surface area contributed by atoms with Crippen molar-refractivity contribution in [2.24, 2.45) is 5.92 Å². The van der Waals surface area contributed by atoms with Crippen LogP contribution < -0.4 is 4.90 Å². The molecule has 0 radical (unpaired) electrons. The molecule has 16 heavy (non-hydrogen) atoms. The molecule has 0 aliphatic heterocycles. The summed E-state index contributed by atoms with van der Waals surface area (Å²) < 4.78 is 0. The van der Waals surface area contributed by atoms with Crippen LogP contribution in [0.2, 0.25) is 0 Å². The Balaban J connectivity index is 2.59. The second kappa shape index (κ2) is 5.90. The Bertz CT molecular complexity index is 303. The zero-order valence-electron chi connectivity index (χ0n) is 10.8. The van der Waals surface area contributed by atoms with Crippen molar-refractivity contribution in [2.45, 2.75) is 33.3 Å². The average Bonchev–Trinajstić information content (AvgIpc) is 2.26. The summed E-state index contributed by atoms with van der Waals surface area (Å²) in [4.78, 5) is 2.26. The minimum atomic E-state index is -0.380. The molecule has 0 saturated carbocycles. The van der Waals surface area contributed by atoms with E-state index in [1.54, 1.807) is 6.92 Å². The van der Waals surface area contributed by atoms with Crippen LogP contribution >= 0.6 is 0 Å². The smallest absolute Gasteiger partial charge is 0.0761 e. The number of aliphatic hydroxyl groups excluding tert-OH is 1. The largest absolute Gasteiger partial charge is 0.389 e. The Labute approximate surface area is 98.9 Å². The van der Waals surface area contributed by atoms with E-state index in [0.717, 1.165) is 18.0 Å². The fourth-order valence-electron chi connectivity index (χ4n) is 1.59. The maximum atomic E-state index is 9.42. The van der Waals surface area contributed by atoms with Crippen molar-refractivity contribution in [3.63, 3.8) is 0 Å². The van der Waals surface area contributed by atoms with E-state index in [1.807, 2.05) is 12.1 Å². The molecule has 1 rings (SSSR count). The first-order valence-electron chi connectivity index (χ1n) is 6.00. The van der Waals surface area contributed by atoms with Crippen molar-refractivity contribution in [2.75, 3.05) is 18.5 Å².